The van der Waals surface area contributed by atoms with Crippen molar-refractivity contribution in [3.05, 3.63) is 52.7 Å². The van der Waals surface area contributed by atoms with Gasteiger partial charge >= 0.3 is 5.97 Å². The molecule has 4 heterocycles. The van der Waals surface area contributed by atoms with E-state index < -0.39 is 11.6 Å². The zero-order chi connectivity index (χ0) is 23.2. The first-order valence-electron chi connectivity index (χ1n) is 12.5. The van der Waals surface area contributed by atoms with Gasteiger partial charge in [0.1, 0.15) is 12.3 Å². The Morgan fingerprint density at radius 1 is 1.12 bits per heavy atom. The molecular weight excluding hydrogens is 434 g/mol. The van der Waals surface area contributed by atoms with Crippen LogP contribution in [0.1, 0.15) is 56.7 Å². The summed E-state index contributed by atoms with van der Waals surface area (Å²) >= 11 is 1.44. The summed E-state index contributed by atoms with van der Waals surface area (Å²) in [5.41, 5.74) is -1.52. The first-order chi connectivity index (χ1) is 16.0. The standard InChI is InChI=1S/C27H38NO4S/c1-2-3-7-15-27(30,25-12-8-20-33-25)26(29)32-24-21-28(17-13-22(24)14-18-28)16-9-19-31-23-10-5-4-6-11-23/h4-6,8,10-12,20,22,24,30H,2-3,7,9,13-19,21H2,1H3/q+1/t22?,24-,27?,28?/m0/s1. The molecule has 2 aromatic rings. The third-order valence-corrected chi connectivity index (χ3v) is 8.52. The third-order valence-electron chi connectivity index (χ3n) is 7.50. The Balaban J connectivity index is 1.35. The Kier molecular flexibility index (Phi) is 8.10. The number of thiophene rings is 1. The Labute approximate surface area is 201 Å². The van der Waals surface area contributed by atoms with Crippen molar-refractivity contribution >= 4 is 17.3 Å². The van der Waals surface area contributed by atoms with E-state index in [0.717, 1.165) is 74.9 Å². The lowest BCUT2D eigenvalue weighted by molar-refractivity contribution is -0.946. The van der Waals surface area contributed by atoms with Crippen molar-refractivity contribution in [2.45, 2.75) is 63.6 Å². The highest BCUT2D eigenvalue weighted by Crippen LogP contribution is 2.38. The van der Waals surface area contributed by atoms with Crippen LogP contribution in [0.25, 0.3) is 0 Å². The van der Waals surface area contributed by atoms with Gasteiger partial charge < -0.3 is 19.1 Å². The number of quaternary nitrogens is 1. The molecule has 0 radical (unpaired) electrons. The number of aliphatic hydroxyl groups is 1. The number of ether oxygens (including phenoxy) is 2. The molecule has 1 aromatic heterocycles. The molecule has 3 fully saturated rings. The van der Waals surface area contributed by atoms with Crippen molar-refractivity contribution in [1.82, 2.24) is 0 Å². The van der Waals surface area contributed by atoms with Gasteiger partial charge in [-0.15, -0.1) is 11.3 Å². The Bertz CT molecular complexity index is 864. The molecule has 2 bridgehead atoms. The topological polar surface area (TPSA) is 55.8 Å². The second-order valence-corrected chi connectivity index (χ2v) is 10.7. The maximum absolute atomic E-state index is 13.3. The number of unbranched alkanes of at least 4 members (excludes halogenated alkanes) is 2. The summed E-state index contributed by atoms with van der Waals surface area (Å²) in [7, 11) is 0. The first kappa shape index (κ1) is 24.2. The van der Waals surface area contributed by atoms with Gasteiger partial charge in [-0.2, -0.15) is 0 Å². The van der Waals surface area contributed by atoms with E-state index >= 15 is 0 Å². The van der Waals surface area contributed by atoms with Crippen LogP contribution in [-0.2, 0) is 15.1 Å². The average Bonchev–Trinajstić information content (AvgIpc) is 3.39. The maximum atomic E-state index is 13.3. The number of rotatable bonds is 12. The number of piperidine rings is 3. The Morgan fingerprint density at radius 3 is 2.61 bits per heavy atom. The second-order valence-electron chi connectivity index (χ2n) is 9.79. The number of nitrogens with zero attached hydrogens (tertiary/aromatic N) is 1. The predicted octanol–water partition coefficient (Wildman–Crippen LogP) is 5.14. The quantitative estimate of drug-likeness (QED) is 0.264. The minimum absolute atomic E-state index is 0.104. The number of benzene rings is 1. The van der Waals surface area contributed by atoms with Crippen molar-refractivity contribution < 1.29 is 23.9 Å². The zero-order valence-corrected chi connectivity index (χ0v) is 20.6. The second kappa shape index (κ2) is 11.0. The van der Waals surface area contributed by atoms with E-state index in [0.29, 0.717) is 23.8 Å². The molecular formula is C27H38NO4S+. The minimum Gasteiger partial charge on any atom is -0.493 e. The summed E-state index contributed by atoms with van der Waals surface area (Å²) in [6.45, 7) is 7.03. The fourth-order valence-corrected chi connectivity index (χ4v) is 6.32. The number of fused-ring (bicyclic) bond motifs is 3. The van der Waals surface area contributed by atoms with Crippen molar-refractivity contribution in [3.8, 4) is 5.75 Å². The largest absolute Gasteiger partial charge is 0.493 e. The van der Waals surface area contributed by atoms with Crippen LogP contribution < -0.4 is 4.74 Å². The number of esters is 1. The highest BCUT2D eigenvalue weighted by Gasteiger charge is 2.49. The molecule has 0 saturated carbocycles. The molecule has 3 aliphatic rings. The molecule has 3 aliphatic heterocycles. The van der Waals surface area contributed by atoms with Crippen molar-refractivity contribution in [1.29, 1.82) is 0 Å². The minimum atomic E-state index is -1.52. The van der Waals surface area contributed by atoms with E-state index in [1.807, 2.05) is 47.8 Å². The summed E-state index contributed by atoms with van der Waals surface area (Å²) in [4.78, 5) is 14.0. The van der Waals surface area contributed by atoms with E-state index in [1.54, 1.807) is 0 Å². The molecule has 0 aliphatic carbocycles. The molecule has 2 atom stereocenters. The molecule has 5 nitrogen and oxygen atoms in total. The summed E-state index contributed by atoms with van der Waals surface area (Å²) in [5.74, 6) is 0.876. The van der Waals surface area contributed by atoms with Crippen LogP contribution in [0.15, 0.2) is 47.8 Å². The summed E-state index contributed by atoms with van der Waals surface area (Å²) in [6.07, 6.45) is 6.34. The molecule has 3 saturated heterocycles. The molecule has 1 N–H and O–H groups in total. The van der Waals surface area contributed by atoms with Crippen LogP contribution in [0.4, 0.5) is 0 Å². The highest BCUT2D eigenvalue weighted by atomic mass is 32.1. The number of carbonyl (C=O) groups is 1. The van der Waals surface area contributed by atoms with Crippen LogP contribution >= 0.6 is 11.3 Å². The molecule has 33 heavy (non-hydrogen) atoms. The van der Waals surface area contributed by atoms with E-state index in [1.165, 1.54) is 11.3 Å². The van der Waals surface area contributed by atoms with Crippen LogP contribution in [0.5, 0.6) is 5.75 Å². The summed E-state index contributed by atoms with van der Waals surface area (Å²) in [6, 6.07) is 13.7. The van der Waals surface area contributed by atoms with Gasteiger partial charge in [-0.1, -0.05) is 44.0 Å². The normalized spacial score (nSPS) is 26.0. The van der Waals surface area contributed by atoms with Gasteiger partial charge in [0.15, 0.2) is 11.7 Å². The summed E-state index contributed by atoms with van der Waals surface area (Å²) < 4.78 is 13.0. The molecule has 1 aromatic carbocycles. The van der Waals surface area contributed by atoms with E-state index in [-0.39, 0.29) is 6.10 Å². The van der Waals surface area contributed by atoms with Gasteiger partial charge in [0.2, 0.25) is 0 Å². The first-order valence-corrected chi connectivity index (χ1v) is 13.4. The lowest BCUT2D eigenvalue weighted by Crippen LogP contribution is -2.65. The van der Waals surface area contributed by atoms with Gasteiger partial charge in [-0.05, 0) is 36.4 Å². The summed E-state index contributed by atoms with van der Waals surface area (Å²) in [5, 5.41) is 13.3. The van der Waals surface area contributed by atoms with Crippen LogP contribution in [0, 0.1) is 5.92 Å². The van der Waals surface area contributed by atoms with Gasteiger partial charge in [0, 0.05) is 30.1 Å². The van der Waals surface area contributed by atoms with Gasteiger partial charge in [-0.25, -0.2) is 4.79 Å². The molecule has 6 heteroatoms. The van der Waals surface area contributed by atoms with Crippen molar-refractivity contribution in [2.24, 2.45) is 5.92 Å². The van der Waals surface area contributed by atoms with E-state index in [2.05, 4.69) is 6.92 Å². The fraction of sp³-hybridized carbons (Fsp3) is 0.593. The fourth-order valence-electron chi connectivity index (χ4n) is 5.48. The predicted molar refractivity (Wildman–Crippen MR) is 131 cm³/mol. The molecule has 0 amide bonds. The number of carbonyl (C=O) groups excluding carboxylic acids is 1. The molecule has 5 rings (SSSR count). The van der Waals surface area contributed by atoms with Crippen LogP contribution in [0.3, 0.4) is 0 Å². The molecule has 0 spiro atoms. The molecule has 1 unspecified atom stereocenters. The van der Waals surface area contributed by atoms with E-state index in [4.69, 9.17) is 9.47 Å². The Hall–Kier alpha value is -1.89. The number of para-hydroxylation sites is 1. The Morgan fingerprint density at radius 2 is 1.91 bits per heavy atom. The zero-order valence-electron chi connectivity index (χ0n) is 19.8. The van der Waals surface area contributed by atoms with E-state index in [9.17, 15) is 9.90 Å². The third kappa shape index (κ3) is 5.79. The van der Waals surface area contributed by atoms with Crippen molar-refractivity contribution in [2.75, 3.05) is 32.8 Å². The molecule has 180 valence electrons. The maximum Gasteiger partial charge on any atom is 0.344 e. The monoisotopic (exact) mass is 472 g/mol. The van der Waals surface area contributed by atoms with Crippen molar-refractivity contribution in [3.63, 3.8) is 0 Å². The number of hydrogen-bond acceptors (Lipinski definition) is 5. The van der Waals surface area contributed by atoms with Gasteiger partial charge in [-0.3, -0.25) is 0 Å². The van der Waals surface area contributed by atoms with Crippen LogP contribution in [-0.4, -0.2) is 54.4 Å². The SMILES string of the molecule is CCCCCC(O)(C(=O)O[C@H]1C[N+]2(CCCOc3ccccc3)CCC1CC2)c1cccs1. The van der Waals surface area contributed by atoms with Gasteiger partial charge in [0.25, 0.3) is 0 Å². The van der Waals surface area contributed by atoms with Gasteiger partial charge in [0.05, 0.1) is 26.2 Å². The number of hydrogen-bond donors (Lipinski definition) is 1. The lowest BCUT2D eigenvalue weighted by atomic mass is 9.83. The smallest absolute Gasteiger partial charge is 0.344 e. The average molecular weight is 473 g/mol. The lowest BCUT2D eigenvalue weighted by Gasteiger charge is -2.52. The van der Waals surface area contributed by atoms with Crippen LogP contribution in [0.2, 0.25) is 0 Å². The highest BCUT2D eigenvalue weighted by molar-refractivity contribution is 7.10.